The van der Waals surface area contributed by atoms with Gasteiger partial charge in [0.05, 0.1) is 5.02 Å². The van der Waals surface area contributed by atoms with E-state index in [-0.39, 0.29) is 10.6 Å². The number of carbonyl (C=O) groups is 1. The lowest BCUT2D eigenvalue weighted by molar-refractivity contribution is -0.147. The van der Waals surface area contributed by atoms with Crippen molar-refractivity contribution in [1.82, 2.24) is 0 Å². The molecule has 1 aromatic rings. The molecule has 0 aliphatic carbocycles. The summed E-state index contributed by atoms with van der Waals surface area (Å²) in [7, 11) is 0. The van der Waals surface area contributed by atoms with E-state index >= 15 is 0 Å². The highest BCUT2D eigenvalue weighted by molar-refractivity contribution is 6.32. The number of aliphatic hydroxyl groups is 1. The second kappa shape index (κ2) is 4.04. The number of phenols is 1. The molecule has 6 heteroatoms. The van der Waals surface area contributed by atoms with E-state index in [1.54, 1.807) is 0 Å². The van der Waals surface area contributed by atoms with Gasteiger partial charge < -0.3 is 15.3 Å². The topological polar surface area (TPSA) is 77.8 Å². The molecule has 0 radical (unpaired) electrons. The fourth-order valence-electron chi connectivity index (χ4n) is 1.18. The quantitative estimate of drug-likeness (QED) is 0.727. The summed E-state index contributed by atoms with van der Waals surface area (Å²) in [5.41, 5.74) is -0.570. The largest absolute Gasteiger partial charge is 0.506 e. The summed E-state index contributed by atoms with van der Waals surface area (Å²) in [6.45, 7) is 1.24. The van der Waals surface area contributed by atoms with Crippen molar-refractivity contribution < 1.29 is 24.5 Å². The molecule has 82 valence electrons. The predicted molar refractivity (Wildman–Crippen MR) is 50.4 cm³/mol. The zero-order valence-electron chi connectivity index (χ0n) is 7.66. The Labute approximate surface area is 89.5 Å². The number of carboxylic acids is 1. The highest BCUT2D eigenvalue weighted by Crippen LogP contribution is 2.35. The molecule has 1 unspecified atom stereocenters. The third kappa shape index (κ3) is 2.03. The van der Waals surface area contributed by atoms with Gasteiger partial charge in [0.2, 0.25) is 0 Å². The average molecular weight is 235 g/mol. The zero-order chi connectivity index (χ0) is 11.7. The van der Waals surface area contributed by atoms with Crippen LogP contribution in [0, 0.1) is 12.7 Å². The average Bonchev–Trinajstić information content (AvgIpc) is 2.15. The van der Waals surface area contributed by atoms with Gasteiger partial charge in [0.15, 0.2) is 6.10 Å². The first-order valence-corrected chi connectivity index (χ1v) is 4.32. The van der Waals surface area contributed by atoms with Crippen LogP contribution in [-0.2, 0) is 4.79 Å². The van der Waals surface area contributed by atoms with Gasteiger partial charge in [-0.15, -0.1) is 0 Å². The van der Waals surface area contributed by atoms with Crippen LogP contribution in [0.2, 0.25) is 5.02 Å². The highest BCUT2D eigenvalue weighted by atomic mass is 35.5. The molecular weight excluding hydrogens is 227 g/mol. The van der Waals surface area contributed by atoms with E-state index in [9.17, 15) is 19.4 Å². The minimum atomic E-state index is -2.00. The predicted octanol–water partition coefficient (Wildman–Crippen LogP) is 1.61. The Morgan fingerprint density at radius 1 is 1.60 bits per heavy atom. The molecule has 0 heterocycles. The highest BCUT2D eigenvalue weighted by Gasteiger charge is 2.25. The molecule has 3 N–H and O–H groups in total. The van der Waals surface area contributed by atoms with Crippen LogP contribution >= 0.6 is 11.6 Å². The lowest BCUT2D eigenvalue weighted by Gasteiger charge is -2.13. The summed E-state index contributed by atoms with van der Waals surface area (Å²) in [5.74, 6) is -2.99. The number of hydrogen-bond donors (Lipinski definition) is 3. The number of halogens is 2. The number of aliphatic carboxylic acids is 1. The minimum Gasteiger partial charge on any atom is -0.506 e. The van der Waals surface area contributed by atoms with E-state index < -0.39 is 29.2 Å². The van der Waals surface area contributed by atoms with Crippen LogP contribution in [0.4, 0.5) is 4.39 Å². The van der Waals surface area contributed by atoms with Crippen LogP contribution < -0.4 is 0 Å². The van der Waals surface area contributed by atoms with E-state index in [0.717, 1.165) is 6.07 Å². The SMILES string of the molecule is Cc1c(F)cc(Cl)c(O)c1C(O)C(=O)O. The van der Waals surface area contributed by atoms with E-state index in [0.29, 0.717) is 0 Å². The van der Waals surface area contributed by atoms with Gasteiger partial charge >= 0.3 is 5.97 Å². The number of hydrogen-bond acceptors (Lipinski definition) is 3. The van der Waals surface area contributed by atoms with Crippen LogP contribution in [0.3, 0.4) is 0 Å². The summed E-state index contributed by atoms with van der Waals surface area (Å²) in [6.07, 6.45) is -2.00. The monoisotopic (exact) mass is 234 g/mol. The first kappa shape index (κ1) is 11.7. The maximum atomic E-state index is 13.1. The van der Waals surface area contributed by atoms with Crippen molar-refractivity contribution in [2.75, 3.05) is 0 Å². The molecule has 0 aliphatic heterocycles. The maximum absolute atomic E-state index is 13.1. The third-order valence-electron chi connectivity index (χ3n) is 2.00. The summed E-state index contributed by atoms with van der Waals surface area (Å²) >= 11 is 5.45. The maximum Gasteiger partial charge on any atom is 0.337 e. The normalized spacial score (nSPS) is 12.5. The molecular formula is C9H8ClFO4. The molecule has 0 bridgehead atoms. The number of rotatable bonds is 2. The molecule has 0 spiro atoms. The summed E-state index contributed by atoms with van der Waals surface area (Å²) in [5, 5.41) is 26.8. The van der Waals surface area contributed by atoms with Crippen molar-refractivity contribution in [3.05, 3.63) is 28.0 Å². The number of carboxylic acid groups (broad SMARTS) is 1. The first-order valence-electron chi connectivity index (χ1n) is 3.94. The summed E-state index contributed by atoms with van der Waals surface area (Å²) < 4.78 is 13.1. The minimum absolute atomic E-state index is 0.146. The number of aromatic hydroxyl groups is 1. The Morgan fingerprint density at radius 3 is 2.60 bits per heavy atom. The molecule has 0 aliphatic rings. The summed E-state index contributed by atoms with van der Waals surface area (Å²) in [6, 6.07) is 0.851. The first-order chi connectivity index (χ1) is 6.86. The lowest BCUT2D eigenvalue weighted by Crippen LogP contribution is -2.13. The fourth-order valence-corrected chi connectivity index (χ4v) is 1.38. The number of phenolic OH excluding ortho intramolecular Hbond substituents is 1. The Hall–Kier alpha value is -1.33. The molecule has 15 heavy (non-hydrogen) atoms. The second-order valence-electron chi connectivity index (χ2n) is 2.97. The number of benzene rings is 1. The fraction of sp³-hybridized carbons (Fsp3) is 0.222. The molecule has 0 amide bonds. The van der Waals surface area contributed by atoms with E-state index in [1.165, 1.54) is 6.92 Å². The van der Waals surface area contributed by atoms with Gasteiger partial charge in [0.25, 0.3) is 0 Å². The van der Waals surface area contributed by atoms with Crippen molar-refractivity contribution in [3.63, 3.8) is 0 Å². The van der Waals surface area contributed by atoms with Crippen molar-refractivity contribution >= 4 is 17.6 Å². The van der Waals surface area contributed by atoms with Crippen molar-refractivity contribution in [2.45, 2.75) is 13.0 Å². The van der Waals surface area contributed by atoms with Gasteiger partial charge in [-0.1, -0.05) is 11.6 Å². The van der Waals surface area contributed by atoms with E-state index in [2.05, 4.69) is 0 Å². The molecule has 1 aromatic carbocycles. The summed E-state index contributed by atoms with van der Waals surface area (Å²) in [4.78, 5) is 10.5. The van der Waals surface area contributed by atoms with Crippen LogP contribution in [0.1, 0.15) is 17.2 Å². The Bertz CT molecular complexity index is 393. The van der Waals surface area contributed by atoms with Crippen molar-refractivity contribution in [2.24, 2.45) is 0 Å². The Morgan fingerprint density at radius 2 is 2.13 bits per heavy atom. The lowest BCUT2D eigenvalue weighted by atomic mass is 10.0. The number of aliphatic hydroxyl groups excluding tert-OH is 1. The zero-order valence-corrected chi connectivity index (χ0v) is 8.42. The Balaban J connectivity index is 3.45. The molecule has 4 nitrogen and oxygen atoms in total. The third-order valence-corrected chi connectivity index (χ3v) is 2.29. The molecule has 0 saturated heterocycles. The molecule has 1 rings (SSSR count). The van der Waals surface area contributed by atoms with Gasteiger partial charge in [-0.2, -0.15) is 0 Å². The van der Waals surface area contributed by atoms with Crippen molar-refractivity contribution in [1.29, 1.82) is 0 Å². The molecule has 0 saturated carbocycles. The second-order valence-corrected chi connectivity index (χ2v) is 3.38. The van der Waals surface area contributed by atoms with Crippen LogP contribution in [0.5, 0.6) is 5.75 Å². The molecule has 0 aromatic heterocycles. The standard InChI is InChI=1S/C9H8ClFO4/c1-3-5(11)2-4(10)7(12)6(3)8(13)9(14)15/h2,8,12-13H,1H3,(H,14,15). The molecule has 1 atom stereocenters. The van der Waals surface area contributed by atoms with Crippen LogP contribution in [0.25, 0.3) is 0 Å². The van der Waals surface area contributed by atoms with Gasteiger partial charge in [-0.25, -0.2) is 9.18 Å². The Kier molecular flexibility index (Phi) is 3.16. The van der Waals surface area contributed by atoms with Gasteiger partial charge in [-0.3, -0.25) is 0 Å². The van der Waals surface area contributed by atoms with Gasteiger partial charge in [-0.05, 0) is 18.6 Å². The van der Waals surface area contributed by atoms with Crippen molar-refractivity contribution in [3.8, 4) is 5.75 Å². The smallest absolute Gasteiger partial charge is 0.337 e. The van der Waals surface area contributed by atoms with Crippen LogP contribution in [-0.4, -0.2) is 21.3 Å². The van der Waals surface area contributed by atoms with Gasteiger partial charge in [0.1, 0.15) is 11.6 Å². The molecule has 0 fully saturated rings. The van der Waals surface area contributed by atoms with Gasteiger partial charge in [0, 0.05) is 5.56 Å². The van der Waals surface area contributed by atoms with E-state index in [1.807, 2.05) is 0 Å². The van der Waals surface area contributed by atoms with Crippen LogP contribution in [0.15, 0.2) is 6.07 Å². The van der Waals surface area contributed by atoms with E-state index in [4.69, 9.17) is 16.7 Å².